The van der Waals surface area contributed by atoms with Crippen LogP contribution in [0.3, 0.4) is 0 Å². The normalized spacial score (nSPS) is 19.5. The van der Waals surface area contributed by atoms with Gasteiger partial charge >= 0.3 is 0 Å². The van der Waals surface area contributed by atoms with Gasteiger partial charge in [-0.15, -0.1) is 24.0 Å². The largest absolute Gasteiger partial charge is 0.381 e. The molecule has 0 amide bonds. The van der Waals surface area contributed by atoms with Gasteiger partial charge in [-0.1, -0.05) is 0 Å². The van der Waals surface area contributed by atoms with Crippen molar-refractivity contribution in [1.29, 1.82) is 0 Å². The topological polar surface area (TPSA) is 54.9 Å². The molecule has 0 aromatic heterocycles. The molecule has 0 radical (unpaired) electrons. The minimum absolute atomic E-state index is 0. The van der Waals surface area contributed by atoms with Crippen LogP contribution in [-0.4, -0.2) is 51.0 Å². The number of methoxy groups -OCH3 is 1. The molecule has 1 aliphatic rings. The average Bonchev–Trinajstić information content (AvgIpc) is 2.34. The molecule has 1 heterocycles. The Hall–Kier alpha value is -0.0800. The Morgan fingerprint density at radius 1 is 1.32 bits per heavy atom. The van der Waals surface area contributed by atoms with Crippen molar-refractivity contribution >= 4 is 29.9 Å². The lowest BCUT2D eigenvalue weighted by Gasteiger charge is -2.36. The predicted molar refractivity (Wildman–Crippen MR) is 89.5 cm³/mol. The summed E-state index contributed by atoms with van der Waals surface area (Å²) in [5, 5.41) is 6.68. The zero-order valence-electron chi connectivity index (χ0n) is 12.7. The molecule has 0 aromatic rings. The van der Waals surface area contributed by atoms with Gasteiger partial charge in [0.25, 0.3) is 0 Å². The van der Waals surface area contributed by atoms with Crippen LogP contribution in [0.2, 0.25) is 0 Å². The highest BCUT2D eigenvalue weighted by molar-refractivity contribution is 14.0. The molecule has 0 atom stereocenters. The van der Waals surface area contributed by atoms with Crippen LogP contribution in [-0.2, 0) is 9.47 Å². The number of aliphatic imine (C=N–C) groups is 1. The van der Waals surface area contributed by atoms with Crippen molar-refractivity contribution in [3.63, 3.8) is 0 Å². The Morgan fingerprint density at radius 2 is 1.89 bits per heavy atom. The van der Waals surface area contributed by atoms with E-state index in [2.05, 4.69) is 36.4 Å². The van der Waals surface area contributed by atoms with Gasteiger partial charge in [0.05, 0.1) is 5.60 Å². The van der Waals surface area contributed by atoms with Crippen molar-refractivity contribution in [1.82, 2.24) is 10.6 Å². The van der Waals surface area contributed by atoms with E-state index in [-0.39, 0.29) is 35.1 Å². The number of hydrogen-bond donors (Lipinski definition) is 2. The maximum absolute atomic E-state index is 5.68. The number of rotatable bonds is 3. The van der Waals surface area contributed by atoms with Gasteiger partial charge in [-0.2, -0.15) is 0 Å². The van der Waals surface area contributed by atoms with Gasteiger partial charge in [-0.05, 0) is 20.8 Å². The first-order valence-corrected chi connectivity index (χ1v) is 6.52. The Morgan fingerprint density at radius 3 is 2.32 bits per heavy atom. The monoisotopic (exact) mass is 385 g/mol. The summed E-state index contributed by atoms with van der Waals surface area (Å²) in [6.45, 7) is 8.62. The quantitative estimate of drug-likeness (QED) is 0.442. The van der Waals surface area contributed by atoms with Gasteiger partial charge in [0, 0.05) is 52.3 Å². The standard InChI is InChI=1S/C13H27N3O2.HI/c1-12(2,3)16-11(14-4)15-10-13(17-5)6-8-18-9-7-13;/h6-10H2,1-5H3,(H2,14,15,16);1H. The van der Waals surface area contributed by atoms with Crippen LogP contribution in [0.5, 0.6) is 0 Å². The first-order chi connectivity index (χ1) is 8.41. The minimum atomic E-state index is -0.131. The van der Waals surface area contributed by atoms with Gasteiger partial charge in [0.1, 0.15) is 0 Å². The van der Waals surface area contributed by atoms with E-state index in [9.17, 15) is 0 Å². The van der Waals surface area contributed by atoms with E-state index < -0.39 is 0 Å². The van der Waals surface area contributed by atoms with Crippen LogP contribution in [0.15, 0.2) is 4.99 Å². The summed E-state index contributed by atoms with van der Waals surface area (Å²) in [5.41, 5.74) is -0.133. The molecule has 0 aliphatic carbocycles. The third-order valence-electron chi connectivity index (χ3n) is 3.13. The van der Waals surface area contributed by atoms with Crippen molar-refractivity contribution < 1.29 is 9.47 Å². The summed E-state index contributed by atoms with van der Waals surface area (Å²) in [6.07, 6.45) is 1.84. The molecule has 114 valence electrons. The molecule has 1 fully saturated rings. The third kappa shape index (κ3) is 6.76. The van der Waals surface area contributed by atoms with E-state index in [1.54, 1.807) is 14.2 Å². The molecular formula is C13H28IN3O2. The lowest BCUT2D eigenvalue weighted by atomic mass is 9.94. The lowest BCUT2D eigenvalue weighted by Crippen LogP contribution is -2.53. The van der Waals surface area contributed by atoms with E-state index in [1.165, 1.54) is 0 Å². The van der Waals surface area contributed by atoms with E-state index in [1.807, 2.05) is 0 Å². The van der Waals surface area contributed by atoms with Crippen LogP contribution in [0.1, 0.15) is 33.6 Å². The SMILES string of the molecule is CN=C(NCC1(OC)CCOCC1)NC(C)(C)C.I. The second kappa shape index (κ2) is 8.26. The summed E-state index contributed by atoms with van der Waals surface area (Å²) < 4.78 is 11.1. The Kier molecular flexibility index (Phi) is 8.23. The summed E-state index contributed by atoms with van der Waals surface area (Å²) >= 11 is 0. The molecule has 5 nitrogen and oxygen atoms in total. The first-order valence-electron chi connectivity index (χ1n) is 6.52. The van der Waals surface area contributed by atoms with Gasteiger partial charge in [0.15, 0.2) is 5.96 Å². The molecule has 1 aliphatic heterocycles. The third-order valence-corrected chi connectivity index (χ3v) is 3.13. The number of nitrogens with one attached hydrogen (secondary N) is 2. The number of ether oxygens (including phenoxy) is 2. The Labute approximate surface area is 133 Å². The lowest BCUT2D eigenvalue weighted by molar-refractivity contribution is -0.0856. The van der Waals surface area contributed by atoms with Crippen LogP contribution in [0, 0.1) is 0 Å². The number of guanidine groups is 1. The van der Waals surface area contributed by atoms with Crippen LogP contribution >= 0.6 is 24.0 Å². The van der Waals surface area contributed by atoms with Gasteiger partial charge < -0.3 is 20.1 Å². The van der Waals surface area contributed by atoms with Gasteiger partial charge in [-0.3, -0.25) is 4.99 Å². The fraction of sp³-hybridized carbons (Fsp3) is 0.923. The zero-order chi connectivity index (χ0) is 13.6. The summed E-state index contributed by atoms with van der Waals surface area (Å²) in [6, 6.07) is 0. The molecule has 0 aromatic carbocycles. The highest BCUT2D eigenvalue weighted by Crippen LogP contribution is 2.23. The molecule has 0 saturated carbocycles. The molecule has 1 rings (SSSR count). The van der Waals surface area contributed by atoms with E-state index in [4.69, 9.17) is 9.47 Å². The average molecular weight is 385 g/mol. The van der Waals surface area contributed by atoms with Gasteiger partial charge in [0.2, 0.25) is 0 Å². The Bertz CT molecular complexity index is 284. The van der Waals surface area contributed by atoms with Crippen molar-refractivity contribution in [2.24, 2.45) is 4.99 Å². The highest BCUT2D eigenvalue weighted by atomic mass is 127. The zero-order valence-corrected chi connectivity index (χ0v) is 15.0. The molecule has 19 heavy (non-hydrogen) atoms. The number of halogens is 1. The van der Waals surface area contributed by atoms with Crippen molar-refractivity contribution in [2.75, 3.05) is 33.9 Å². The summed E-state index contributed by atoms with van der Waals surface area (Å²) in [7, 11) is 3.55. The van der Waals surface area contributed by atoms with Crippen molar-refractivity contribution in [3.8, 4) is 0 Å². The highest BCUT2D eigenvalue weighted by Gasteiger charge is 2.32. The second-order valence-corrected chi connectivity index (χ2v) is 5.80. The van der Waals surface area contributed by atoms with Crippen LogP contribution in [0.25, 0.3) is 0 Å². The van der Waals surface area contributed by atoms with E-state index >= 15 is 0 Å². The summed E-state index contributed by atoms with van der Waals surface area (Å²) in [5.74, 6) is 0.811. The van der Waals surface area contributed by atoms with Crippen LogP contribution < -0.4 is 10.6 Å². The predicted octanol–water partition coefficient (Wildman–Crippen LogP) is 1.76. The summed E-state index contributed by atoms with van der Waals surface area (Å²) in [4.78, 5) is 4.23. The fourth-order valence-electron chi connectivity index (χ4n) is 1.98. The van der Waals surface area contributed by atoms with E-state index in [0.717, 1.165) is 38.6 Å². The van der Waals surface area contributed by atoms with Crippen molar-refractivity contribution in [3.05, 3.63) is 0 Å². The second-order valence-electron chi connectivity index (χ2n) is 5.80. The molecular weight excluding hydrogens is 357 g/mol. The molecule has 1 saturated heterocycles. The minimum Gasteiger partial charge on any atom is -0.381 e. The van der Waals surface area contributed by atoms with Crippen molar-refractivity contribution in [2.45, 2.75) is 44.8 Å². The Balaban J connectivity index is 0.00000324. The number of nitrogens with zero attached hydrogens (tertiary/aromatic N) is 1. The maximum Gasteiger partial charge on any atom is 0.191 e. The number of hydrogen-bond acceptors (Lipinski definition) is 3. The maximum atomic E-state index is 5.68. The molecule has 2 N–H and O–H groups in total. The molecule has 6 heteroatoms. The smallest absolute Gasteiger partial charge is 0.191 e. The molecule has 0 unspecified atom stereocenters. The van der Waals surface area contributed by atoms with Crippen LogP contribution in [0.4, 0.5) is 0 Å². The first kappa shape index (κ1) is 18.9. The van der Waals surface area contributed by atoms with Gasteiger partial charge in [-0.25, -0.2) is 0 Å². The fourth-order valence-corrected chi connectivity index (χ4v) is 1.98. The molecule has 0 spiro atoms. The van der Waals surface area contributed by atoms with E-state index in [0.29, 0.717) is 0 Å². The molecule has 0 bridgehead atoms.